The number of nitrogens with zero attached hydrogens (tertiary/aromatic N) is 5. The molecule has 5 heterocycles. The van der Waals surface area contributed by atoms with Gasteiger partial charge in [0, 0.05) is 59.7 Å². The van der Waals surface area contributed by atoms with Crippen LogP contribution in [0, 0.1) is 0 Å². The highest BCUT2D eigenvalue weighted by molar-refractivity contribution is 6.10. The minimum Gasteiger partial charge on any atom is -0.453 e. The van der Waals surface area contributed by atoms with E-state index >= 15 is 0 Å². The molecule has 4 amide bonds. The third-order valence-electron chi connectivity index (χ3n) is 10.7. The predicted octanol–water partition coefficient (Wildman–Crippen LogP) is 5.04. The second-order valence-electron chi connectivity index (χ2n) is 14.1. The van der Waals surface area contributed by atoms with Crippen LogP contribution in [0.3, 0.4) is 0 Å². The van der Waals surface area contributed by atoms with Crippen LogP contribution in [0.4, 0.5) is 9.59 Å². The number of fused-ring (bicyclic) bond motifs is 3. The van der Waals surface area contributed by atoms with Gasteiger partial charge in [0.25, 0.3) is 0 Å². The molecule has 2 aromatic carbocycles. The molecule has 2 saturated heterocycles. The molecule has 55 heavy (non-hydrogen) atoms. The zero-order valence-electron chi connectivity index (χ0n) is 31.7. The van der Waals surface area contributed by atoms with E-state index < -0.39 is 24.3 Å². The number of rotatable bonds is 11. The van der Waals surface area contributed by atoms with Gasteiger partial charge in [-0.2, -0.15) is 0 Å². The maximum atomic E-state index is 13.3. The van der Waals surface area contributed by atoms with E-state index in [9.17, 15) is 19.2 Å². The Morgan fingerprint density at radius 3 is 1.62 bits per heavy atom. The number of hydrogen-bond donors (Lipinski definition) is 4. The highest BCUT2D eigenvalue weighted by Crippen LogP contribution is 2.37. The third-order valence-corrected chi connectivity index (χ3v) is 10.7. The number of ether oxygens (including phenoxy) is 3. The highest BCUT2D eigenvalue weighted by atomic mass is 16.5. The van der Waals surface area contributed by atoms with Gasteiger partial charge < -0.3 is 49.2 Å². The standard InChI is InChI=1S/C39H47N9O7/c1-22(42-38(51)54-4)36(49)47-14-6-8-30(47)34-40-20-28(44-34)24-10-12-26-27-13-11-25(19-33(27)46(16-17-53-3)32(26)18-24)29-21-41-35(45-29)31-9-7-15-48(31)37(50)23(2)43-39(52)55-5/h10-13,18-23,30-31H,6-9,14-17H2,1-5H3,(H,40,44)(H,41,45)(H,42,51)(H,43,52)/t22-,23-,30-,31?/m0/s1. The second-order valence-corrected chi connectivity index (χ2v) is 14.1. The summed E-state index contributed by atoms with van der Waals surface area (Å²) in [5.41, 5.74) is 5.66. The van der Waals surface area contributed by atoms with Crippen molar-refractivity contribution in [3.8, 4) is 22.5 Å². The molecule has 0 saturated carbocycles. The van der Waals surface area contributed by atoms with Crippen LogP contribution < -0.4 is 10.6 Å². The van der Waals surface area contributed by atoms with E-state index in [1.54, 1.807) is 43.2 Å². The molecule has 5 aromatic rings. The topological polar surface area (TPSA) is 189 Å². The lowest BCUT2D eigenvalue weighted by Gasteiger charge is -2.26. The molecule has 3 aromatic heterocycles. The van der Waals surface area contributed by atoms with Gasteiger partial charge in [-0.1, -0.05) is 24.3 Å². The number of alkyl carbamates (subject to hydrolysis) is 2. The molecule has 0 aliphatic carbocycles. The van der Waals surface area contributed by atoms with E-state index in [-0.39, 0.29) is 23.9 Å². The Morgan fingerprint density at radius 2 is 1.20 bits per heavy atom. The van der Waals surface area contributed by atoms with Crippen LogP contribution in [0.15, 0.2) is 48.8 Å². The van der Waals surface area contributed by atoms with Gasteiger partial charge in [-0.15, -0.1) is 0 Å². The minimum atomic E-state index is -0.727. The van der Waals surface area contributed by atoms with E-state index in [0.717, 1.165) is 70.0 Å². The summed E-state index contributed by atoms with van der Waals surface area (Å²) in [6.45, 7) is 5.60. The summed E-state index contributed by atoms with van der Waals surface area (Å²) in [5, 5.41) is 7.34. The first-order valence-electron chi connectivity index (χ1n) is 18.6. The van der Waals surface area contributed by atoms with Gasteiger partial charge in [0.05, 0.1) is 56.7 Å². The minimum absolute atomic E-state index is 0.184. The molecule has 16 nitrogen and oxygen atoms in total. The smallest absolute Gasteiger partial charge is 0.407 e. The van der Waals surface area contributed by atoms with Crippen LogP contribution in [-0.4, -0.2) is 111 Å². The number of aromatic amines is 2. The van der Waals surface area contributed by atoms with Crippen molar-refractivity contribution in [1.29, 1.82) is 0 Å². The first kappa shape index (κ1) is 37.4. The lowest BCUT2D eigenvalue weighted by Crippen LogP contribution is -2.46. The van der Waals surface area contributed by atoms with Crippen LogP contribution in [0.1, 0.15) is 63.3 Å². The van der Waals surface area contributed by atoms with Gasteiger partial charge in [-0.25, -0.2) is 19.6 Å². The van der Waals surface area contributed by atoms with Crippen molar-refractivity contribution in [3.63, 3.8) is 0 Å². The van der Waals surface area contributed by atoms with Gasteiger partial charge in [0.1, 0.15) is 23.7 Å². The van der Waals surface area contributed by atoms with Crippen LogP contribution in [-0.2, 0) is 30.3 Å². The van der Waals surface area contributed by atoms with Crippen molar-refractivity contribution in [2.75, 3.05) is 41.0 Å². The average Bonchev–Trinajstić information content (AvgIpc) is 4.05. The molecule has 0 radical (unpaired) electrons. The van der Waals surface area contributed by atoms with Gasteiger partial charge in [0.2, 0.25) is 11.8 Å². The number of benzene rings is 2. The first-order valence-corrected chi connectivity index (χ1v) is 18.6. The molecule has 4 N–H and O–H groups in total. The number of likely N-dealkylation sites (tertiary alicyclic amines) is 2. The zero-order chi connectivity index (χ0) is 38.8. The highest BCUT2D eigenvalue weighted by Gasteiger charge is 2.36. The summed E-state index contributed by atoms with van der Waals surface area (Å²) >= 11 is 0. The normalized spacial score (nSPS) is 18.1. The summed E-state index contributed by atoms with van der Waals surface area (Å²) in [6.07, 6.45) is 5.50. The third kappa shape index (κ3) is 7.33. The van der Waals surface area contributed by atoms with Crippen LogP contribution in [0.2, 0.25) is 0 Å². The maximum absolute atomic E-state index is 13.3. The van der Waals surface area contributed by atoms with E-state index in [1.807, 2.05) is 0 Å². The van der Waals surface area contributed by atoms with E-state index in [0.29, 0.717) is 37.9 Å². The van der Waals surface area contributed by atoms with Gasteiger partial charge in [-0.05, 0) is 51.7 Å². The Bertz CT molecular complexity index is 2080. The average molecular weight is 754 g/mol. The monoisotopic (exact) mass is 753 g/mol. The molecular weight excluding hydrogens is 706 g/mol. The van der Waals surface area contributed by atoms with Crippen LogP contribution in [0.25, 0.3) is 44.3 Å². The molecule has 2 fully saturated rings. The number of carbonyl (C=O) groups is 4. The van der Waals surface area contributed by atoms with Crippen molar-refractivity contribution in [3.05, 3.63) is 60.4 Å². The summed E-state index contributed by atoms with van der Waals surface area (Å²) in [4.78, 5) is 69.9. The molecule has 2 aliphatic heterocycles. The van der Waals surface area contributed by atoms with Crippen molar-refractivity contribution in [1.82, 2.24) is 44.9 Å². The first-order chi connectivity index (χ1) is 26.6. The summed E-state index contributed by atoms with van der Waals surface area (Å²) in [7, 11) is 4.23. The second kappa shape index (κ2) is 15.8. The van der Waals surface area contributed by atoms with Crippen molar-refractivity contribution in [2.45, 2.75) is 70.2 Å². The lowest BCUT2D eigenvalue weighted by atomic mass is 10.1. The lowest BCUT2D eigenvalue weighted by molar-refractivity contribution is -0.134. The number of methoxy groups -OCH3 is 3. The SMILES string of the molecule is COCCn1c2cc(-c3cnc(C4CCCN4C(=O)[C@H](C)NC(=O)OC)[nH]3)ccc2c2ccc(-c3cnc([C@@H]4CCCN4C(=O)[C@H](C)NC(=O)OC)[nH]3)cc21. The van der Waals surface area contributed by atoms with Gasteiger partial charge >= 0.3 is 12.2 Å². The summed E-state index contributed by atoms with van der Waals surface area (Å²) < 4.78 is 17.1. The molecular formula is C39H47N9O7. The van der Waals surface area contributed by atoms with Crippen molar-refractivity contribution < 1.29 is 33.4 Å². The van der Waals surface area contributed by atoms with E-state index in [1.165, 1.54) is 14.2 Å². The summed E-state index contributed by atoms with van der Waals surface area (Å²) in [5.74, 6) is 1.03. The zero-order valence-corrected chi connectivity index (χ0v) is 31.7. The fourth-order valence-corrected chi connectivity index (χ4v) is 7.88. The molecule has 16 heteroatoms. The summed E-state index contributed by atoms with van der Waals surface area (Å²) in [6, 6.07) is 10.8. The number of hydrogen-bond acceptors (Lipinski definition) is 9. The molecule has 290 valence electrons. The Balaban J connectivity index is 1.15. The maximum Gasteiger partial charge on any atom is 0.407 e. The molecule has 2 aliphatic rings. The van der Waals surface area contributed by atoms with Crippen molar-refractivity contribution in [2.24, 2.45) is 0 Å². The van der Waals surface area contributed by atoms with Gasteiger partial charge in [-0.3, -0.25) is 9.59 Å². The number of carbonyl (C=O) groups excluding carboxylic acids is 4. The Labute approximate surface area is 317 Å². The molecule has 0 bridgehead atoms. The molecule has 4 atom stereocenters. The quantitative estimate of drug-likeness (QED) is 0.143. The Hall–Kier alpha value is -5.90. The Kier molecular flexibility index (Phi) is 10.8. The largest absolute Gasteiger partial charge is 0.453 e. The number of aromatic nitrogens is 5. The van der Waals surface area contributed by atoms with Gasteiger partial charge in [0.15, 0.2) is 0 Å². The van der Waals surface area contributed by atoms with Crippen LogP contribution >= 0.6 is 0 Å². The van der Waals surface area contributed by atoms with Crippen LogP contribution in [0.5, 0.6) is 0 Å². The number of amides is 4. The predicted molar refractivity (Wildman–Crippen MR) is 204 cm³/mol. The van der Waals surface area contributed by atoms with Crippen molar-refractivity contribution >= 4 is 45.8 Å². The van der Waals surface area contributed by atoms with E-state index in [2.05, 4.69) is 71.0 Å². The Morgan fingerprint density at radius 1 is 0.745 bits per heavy atom. The molecule has 1 unspecified atom stereocenters. The number of nitrogens with one attached hydrogen (secondary N) is 4. The van der Waals surface area contributed by atoms with E-state index in [4.69, 9.17) is 14.7 Å². The number of imidazole rings is 2. The molecule has 0 spiro atoms. The number of H-pyrrole nitrogens is 2. The molecule has 7 rings (SSSR count). The fraction of sp³-hybridized carbons (Fsp3) is 0.436. The fourth-order valence-electron chi connectivity index (χ4n) is 7.88.